The highest BCUT2D eigenvalue weighted by molar-refractivity contribution is 6.35. The van der Waals surface area contributed by atoms with Gasteiger partial charge in [0.15, 0.2) is 5.96 Å². The molecule has 0 aromatic heterocycles. The number of nitrogens with zero attached hydrogens (tertiary/aromatic N) is 3. The summed E-state index contributed by atoms with van der Waals surface area (Å²) in [5.74, 6) is 1.85. The van der Waals surface area contributed by atoms with Crippen LogP contribution in [0.5, 0.6) is 0 Å². The minimum Gasteiger partial charge on any atom is -0.394 e. The van der Waals surface area contributed by atoms with E-state index in [-0.39, 0.29) is 19.1 Å². The first-order valence-corrected chi connectivity index (χ1v) is 16.1. The van der Waals surface area contributed by atoms with Crippen molar-refractivity contribution in [3.8, 4) is 0 Å². The van der Waals surface area contributed by atoms with Crippen molar-refractivity contribution in [3.63, 3.8) is 0 Å². The van der Waals surface area contributed by atoms with E-state index < -0.39 is 17.9 Å². The highest BCUT2D eigenvalue weighted by Gasteiger charge is 2.56. The number of fused-ring (bicyclic) bond motifs is 3. The van der Waals surface area contributed by atoms with Crippen LogP contribution in [0.3, 0.4) is 0 Å². The van der Waals surface area contributed by atoms with Gasteiger partial charge >= 0.3 is 0 Å². The van der Waals surface area contributed by atoms with E-state index in [4.69, 9.17) is 28.2 Å². The van der Waals surface area contributed by atoms with Crippen molar-refractivity contribution < 1.29 is 14.7 Å². The summed E-state index contributed by atoms with van der Waals surface area (Å²) in [7, 11) is 0. The molecule has 6 atom stereocenters. The number of benzene rings is 2. The molecule has 2 aliphatic heterocycles. The van der Waals surface area contributed by atoms with Gasteiger partial charge in [-0.2, -0.15) is 0 Å². The summed E-state index contributed by atoms with van der Waals surface area (Å²) >= 11 is 12.4. The van der Waals surface area contributed by atoms with Gasteiger partial charge in [0.25, 0.3) is 11.8 Å². The number of hydrogen-bond acceptors (Lipinski definition) is 5. The Bertz CT molecular complexity index is 1460. The van der Waals surface area contributed by atoms with Crippen LogP contribution < -0.4 is 10.6 Å². The summed E-state index contributed by atoms with van der Waals surface area (Å²) in [6.07, 6.45) is 2.60. The number of halogens is 2. The van der Waals surface area contributed by atoms with Crippen molar-refractivity contribution in [3.05, 3.63) is 63.1 Å². The van der Waals surface area contributed by atoms with Crippen molar-refractivity contribution in [2.75, 3.05) is 31.6 Å². The lowest BCUT2D eigenvalue weighted by atomic mass is 9.45. The van der Waals surface area contributed by atoms with Gasteiger partial charge in [-0.25, -0.2) is 4.99 Å². The molecule has 2 heterocycles. The van der Waals surface area contributed by atoms with Gasteiger partial charge in [-0.15, -0.1) is 0 Å². The minimum absolute atomic E-state index is 0.222. The van der Waals surface area contributed by atoms with Crippen LogP contribution in [-0.2, 0) is 6.42 Å². The third kappa shape index (κ3) is 5.56. The molecule has 8 nitrogen and oxygen atoms in total. The molecule has 3 aliphatic carbocycles. The molecule has 2 aromatic carbocycles. The van der Waals surface area contributed by atoms with Crippen molar-refractivity contribution in [1.82, 2.24) is 15.1 Å². The minimum atomic E-state index is -0.759. The van der Waals surface area contributed by atoms with Crippen LogP contribution in [0.2, 0.25) is 10.0 Å². The number of aliphatic hydroxyl groups is 1. The number of rotatable bonds is 6. The van der Waals surface area contributed by atoms with Crippen LogP contribution in [0.4, 0.5) is 5.69 Å². The first-order valence-electron chi connectivity index (χ1n) is 15.4. The molecule has 2 amide bonds. The second-order valence-corrected chi connectivity index (χ2v) is 14.3. The SMILES string of the molecule is CC1CN(C(=NC2CC3CC(C2C)C3(C)C)Nc2ccc3c(c2)C(=O)N(C(CO)Cc2ccc(Cl)cc2Cl)C3=O)CCN1. The molecule has 0 radical (unpaired) electrons. The summed E-state index contributed by atoms with van der Waals surface area (Å²) in [6, 6.07) is 10.2. The Hall–Kier alpha value is -2.65. The molecule has 43 heavy (non-hydrogen) atoms. The molecule has 230 valence electrons. The lowest BCUT2D eigenvalue weighted by Crippen LogP contribution is -2.57. The number of guanidine groups is 1. The predicted octanol–water partition coefficient (Wildman–Crippen LogP) is 5.33. The second-order valence-electron chi connectivity index (χ2n) is 13.4. The number of carbonyl (C=O) groups is 2. The average molecular weight is 627 g/mol. The highest BCUT2D eigenvalue weighted by Crippen LogP contribution is 2.61. The van der Waals surface area contributed by atoms with Crippen LogP contribution in [0, 0.1) is 23.2 Å². The topological polar surface area (TPSA) is 97.3 Å². The van der Waals surface area contributed by atoms with E-state index in [0.717, 1.165) is 36.9 Å². The smallest absolute Gasteiger partial charge is 0.261 e. The van der Waals surface area contributed by atoms with E-state index in [2.05, 4.69) is 43.2 Å². The quantitative estimate of drug-likeness (QED) is 0.228. The Labute approximate surface area is 263 Å². The molecule has 7 rings (SSSR count). The fourth-order valence-electron chi connectivity index (χ4n) is 7.74. The lowest BCUT2D eigenvalue weighted by molar-refractivity contribution is -0.108. The second kappa shape index (κ2) is 11.7. The van der Waals surface area contributed by atoms with Crippen molar-refractivity contribution in [1.29, 1.82) is 0 Å². The molecule has 10 heteroatoms. The van der Waals surface area contributed by atoms with Crippen molar-refractivity contribution in [2.24, 2.45) is 28.2 Å². The van der Waals surface area contributed by atoms with E-state index >= 15 is 0 Å². The van der Waals surface area contributed by atoms with Gasteiger partial charge in [-0.3, -0.25) is 14.5 Å². The van der Waals surface area contributed by atoms with Crippen molar-refractivity contribution >= 4 is 46.7 Å². The standard InChI is InChI=1S/C33H41Cl2N5O3/c1-18-16-39(10-9-36-18)32(38-29-13-21-12-27(19(29)2)33(21,3)4)37-23-7-8-25-26(15-23)31(43)40(30(25)42)24(17-41)11-20-5-6-22(34)14-28(20)35/h5-8,14-15,18-19,21,24,27,29,36,41H,9-13,16-17H2,1-4H3,(H,37,38). The number of hydrogen-bond donors (Lipinski definition) is 3. The first kappa shape index (κ1) is 30.4. The Balaban J connectivity index is 1.25. The molecule has 1 saturated heterocycles. The zero-order valence-electron chi connectivity index (χ0n) is 25.2. The van der Waals surface area contributed by atoms with E-state index in [9.17, 15) is 14.7 Å². The number of aliphatic hydroxyl groups excluding tert-OH is 1. The van der Waals surface area contributed by atoms with Crippen LogP contribution >= 0.6 is 23.2 Å². The molecule has 2 bridgehead atoms. The monoisotopic (exact) mass is 625 g/mol. The van der Waals surface area contributed by atoms with Crippen LogP contribution in [0.1, 0.15) is 66.8 Å². The first-order chi connectivity index (χ1) is 20.5. The number of anilines is 1. The number of nitrogens with one attached hydrogen (secondary N) is 2. The number of imide groups is 1. The third-order valence-corrected chi connectivity index (χ3v) is 11.1. The molecule has 3 N–H and O–H groups in total. The van der Waals surface area contributed by atoms with Crippen LogP contribution in [0.15, 0.2) is 41.4 Å². The average Bonchev–Trinajstić information content (AvgIpc) is 3.21. The number of carbonyl (C=O) groups excluding carboxylic acids is 2. The van der Waals surface area contributed by atoms with Gasteiger partial charge in [-0.1, -0.05) is 50.0 Å². The summed E-state index contributed by atoms with van der Waals surface area (Å²) in [5.41, 5.74) is 2.44. The number of amides is 2. The molecule has 3 saturated carbocycles. The van der Waals surface area contributed by atoms with Crippen molar-refractivity contribution in [2.45, 2.75) is 65.1 Å². The van der Waals surface area contributed by atoms with Gasteiger partial charge in [-0.05, 0) is 85.3 Å². The van der Waals surface area contributed by atoms with Crippen LogP contribution in [0.25, 0.3) is 0 Å². The number of aliphatic imine (C=N–C) groups is 1. The Morgan fingerprint density at radius 3 is 2.56 bits per heavy atom. The molecular formula is C33H41Cl2N5O3. The maximum Gasteiger partial charge on any atom is 0.261 e. The van der Waals surface area contributed by atoms with Gasteiger partial charge in [0.2, 0.25) is 0 Å². The van der Waals surface area contributed by atoms with Gasteiger partial charge in [0.1, 0.15) is 0 Å². The normalized spacial score (nSPS) is 28.9. The van der Waals surface area contributed by atoms with Gasteiger partial charge in [0, 0.05) is 41.4 Å². The third-order valence-electron chi connectivity index (χ3n) is 10.5. The maximum absolute atomic E-state index is 13.6. The van der Waals surface area contributed by atoms with E-state index in [1.165, 1.54) is 6.42 Å². The van der Waals surface area contributed by atoms with E-state index in [1.54, 1.807) is 30.3 Å². The van der Waals surface area contributed by atoms with E-state index in [0.29, 0.717) is 61.6 Å². The highest BCUT2D eigenvalue weighted by atomic mass is 35.5. The Kier molecular flexibility index (Phi) is 8.26. The molecule has 0 spiro atoms. The Morgan fingerprint density at radius 2 is 1.88 bits per heavy atom. The lowest BCUT2D eigenvalue weighted by Gasteiger charge is -2.61. The largest absolute Gasteiger partial charge is 0.394 e. The fraction of sp³-hybridized carbons (Fsp3) is 0.545. The van der Waals surface area contributed by atoms with Crippen LogP contribution in [-0.4, -0.2) is 77.0 Å². The summed E-state index contributed by atoms with van der Waals surface area (Å²) in [5, 5.41) is 18.2. The zero-order chi connectivity index (χ0) is 30.6. The summed E-state index contributed by atoms with van der Waals surface area (Å²) in [4.78, 5) is 35.9. The zero-order valence-corrected chi connectivity index (χ0v) is 26.8. The fourth-order valence-corrected chi connectivity index (χ4v) is 8.23. The molecule has 5 aliphatic rings. The molecule has 4 fully saturated rings. The maximum atomic E-state index is 13.6. The predicted molar refractivity (Wildman–Crippen MR) is 171 cm³/mol. The molecule has 6 unspecified atom stereocenters. The van der Waals surface area contributed by atoms with Gasteiger partial charge in [0.05, 0.1) is 29.8 Å². The Morgan fingerprint density at radius 1 is 1.12 bits per heavy atom. The number of piperazine rings is 1. The summed E-state index contributed by atoms with van der Waals surface area (Å²) < 4.78 is 0. The molecule has 2 aromatic rings. The van der Waals surface area contributed by atoms with E-state index in [1.807, 2.05) is 6.07 Å². The molecular weight excluding hydrogens is 585 g/mol. The summed E-state index contributed by atoms with van der Waals surface area (Å²) in [6.45, 7) is 11.5. The van der Waals surface area contributed by atoms with Gasteiger partial charge < -0.3 is 20.6 Å².